The van der Waals surface area contributed by atoms with Crippen LogP contribution in [-0.2, 0) is 9.47 Å². The summed E-state index contributed by atoms with van der Waals surface area (Å²) in [6.07, 6.45) is 3.03. The van der Waals surface area contributed by atoms with Crippen LogP contribution in [0.15, 0.2) is 0 Å². The lowest BCUT2D eigenvalue weighted by molar-refractivity contribution is -0.127. The van der Waals surface area contributed by atoms with Crippen molar-refractivity contribution in [3.63, 3.8) is 0 Å². The van der Waals surface area contributed by atoms with E-state index in [1.165, 1.54) is 6.42 Å². The van der Waals surface area contributed by atoms with Crippen LogP contribution in [0.3, 0.4) is 0 Å². The van der Waals surface area contributed by atoms with E-state index in [2.05, 4.69) is 33.0 Å². The molecule has 0 aliphatic heterocycles. The van der Waals surface area contributed by atoms with E-state index in [0.717, 1.165) is 26.2 Å². The van der Waals surface area contributed by atoms with Gasteiger partial charge in [-0.05, 0) is 33.6 Å². The largest absolute Gasteiger partial charge is 0.378 e. The number of hydrogen-bond donors (Lipinski definition) is 1. The van der Waals surface area contributed by atoms with Crippen molar-refractivity contribution >= 4 is 0 Å². The van der Waals surface area contributed by atoms with Crippen LogP contribution >= 0.6 is 0 Å². The summed E-state index contributed by atoms with van der Waals surface area (Å²) in [4.78, 5) is 0. The number of rotatable bonds is 8. The fourth-order valence-electron chi connectivity index (χ4n) is 2.72. The third-order valence-electron chi connectivity index (χ3n) is 4.21. The maximum atomic E-state index is 5.80. The lowest BCUT2D eigenvalue weighted by Crippen LogP contribution is -2.62. The second-order valence-corrected chi connectivity index (χ2v) is 5.27. The summed E-state index contributed by atoms with van der Waals surface area (Å²) in [7, 11) is 0. The van der Waals surface area contributed by atoms with Gasteiger partial charge in [0.25, 0.3) is 0 Å². The van der Waals surface area contributed by atoms with E-state index in [0.29, 0.717) is 23.7 Å². The van der Waals surface area contributed by atoms with Gasteiger partial charge in [0.2, 0.25) is 0 Å². The number of ether oxygens (including phenoxy) is 2. The minimum atomic E-state index is 0.294. The molecule has 1 saturated carbocycles. The summed E-state index contributed by atoms with van der Waals surface area (Å²) < 4.78 is 11.3. The van der Waals surface area contributed by atoms with Crippen LogP contribution in [0, 0.1) is 5.41 Å². The lowest BCUT2D eigenvalue weighted by Gasteiger charge is -2.54. The third kappa shape index (κ3) is 3.43. The molecule has 4 atom stereocenters. The standard InChI is InChI=1S/C14H29NO2/c1-6-14(5)12(9-13(14)17-8-3)15-10-11(4)16-7-2/h11-13,15H,6-10H2,1-5H3. The Morgan fingerprint density at radius 1 is 1.29 bits per heavy atom. The Hall–Kier alpha value is -0.120. The predicted molar refractivity (Wildman–Crippen MR) is 71.3 cm³/mol. The summed E-state index contributed by atoms with van der Waals surface area (Å²) in [6, 6.07) is 0.576. The first-order valence-electron chi connectivity index (χ1n) is 7.05. The normalized spacial score (nSPS) is 34.4. The Balaban J connectivity index is 2.35. The summed E-state index contributed by atoms with van der Waals surface area (Å²) in [5, 5.41) is 3.63. The Morgan fingerprint density at radius 2 is 2.00 bits per heavy atom. The summed E-state index contributed by atoms with van der Waals surface area (Å²) in [6.45, 7) is 13.4. The number of hydrogen-bond acceptors (Lipinski definition) is 3. The zero-order chi connectivity index (χ0) is 12.9. The molecular formula is C14H29NO2. The van der Waals surface area contributed by atoms with E-state index in [-0.39, 0.29) is 0 Å². The molecule has 1 rings (SSSR count). The molecular weight excluding hydrogens is 214 g/mol. The van der Waals surface area contributed by atoms with Crippen LogP contribution in [0.1, 0.15) is 47.5 Å². The van der Waals surface area contributed by atoms with Crippen LogP contribution in [0.4, 0.5) is 0 Å². The molecule has 1 fully saturated rings. The van der Waals surface area contributed by atoms with Crippen molar-refractivity contribution in [2.24, 2.45) is 5.41 Å². The second kappa shape index (κ2) is 6.72. The molecule has 0 saturated heterocycles. The van der Waals surface area contributed by atoms with Crippen molar-refractivity contribution < 1.29 is 9.47 Å². The minimum Gasteiger partial charge on any atom is -0.378 e. The Kier molecular flexibility index (Phi) is 5.90. The Morgan fingerprint density at radius 3 is 2.53 bits per heavy atom. The number of nitrogens with one attached hydrogen (secondary N) is 1. The van der Waals surface area contributed by atoms with Gasteiger partial charge in [-0.1, -0.05) is 13.8 Å². The quantitative estimate of drug-likeness (QED) is 0.711. The molecule has 0 heterocycles. The van der Waals surface area contributed by atoms with E-state index in [9.17, 15) is 0 Å². The molecule has 1 aliphatic rings. The summed E-state index contributed by atoms with van der Waals surface area (Å²) >= 11 is 0. The van der Waals surface area contributed by atoms with E-state index in [1.807, 2.05) is 6.92 Å². The molecule has 0 bridgehead atoms. The van der Waals surface area contributed by atoms with E-state index in [4.69, 9.17) is 9.47 Å². The van der Waals surface area contributed by atoms with Gasteiger partial charge in [0.05, 0.1) is 12.2 Å². The fraction of sp³-hybridized carbons (Fsp3) is 1.00. The maximum absolute atomic E-state index is 5.80. The average molecular weight is 243 g/mol. The van der Waals surface area contributed by atoms with Crippen molar-refractivity contribution in [2.45, 2.75) is 65.7 Å². The molecule has 3 nitrogen and oxygen atoms in total. The molecule has 0 aromatic rings. The average Bonchev–Trinajstić information content (AvgIpc) is 2.32. The molecule has 0 aromatic carbocycles. The van der Waals surface area contributed by atoms with Gasteiger partial charge in [-0.2, -0.15) is 0 Å². The van der Waals surface area contributed by atoms with Crippen molar-refractivity contribution in [3.05, 3.63) is 0 Å². The van der Waals surface area contributed by atoms with Gasteiger partial charge >= 0.3 is 0 Å². The third-order valence-corrected chi connectivity index (χ3v) is 4.21. The zero-order valence-electron chi connectivity index (χ0n) is 12.1. The molecule has 102 valence electrons. The van der Waals surface area contributed by atoms with Crippen LogP contribution in [0.5, 0.6) is 0 Å². The first-order valence-corrected chi connectivity index (χ1v) is 7.05. The summed E-state index contributed by atoms with van der Waals surface area (Å²) in [5.41, 5.74) is 0.294. The fourth-order valence-corrected chi connectivity index (χ4v) is 2.72. The SMILES string of the molecule is CCOC(C)CNC1CC(OCC)C1(C)CC. The van der Waals surface area contributed by atoms with E-state index < -0.39 is 0 Å². The Bertz CT molecular complexity index is 222. The Labute approximate surface area is 106 Å². The molecule has 17 heavy (non-hydrogen) atoms. The van der Waals surface area contributed by atoms with Gasteiger partial charge in [-0.25, -0.2) is 0 Å². The van der Waals surface area contributed by atoms with Gasteiger partial charge in [0, 0.05) is 31.2 Å². The highest BCUT2D eigenvalue weighted by molar-refractivity contribution is 5.04. The van der Waals surface area contributed by atoms with Gasteiger partial charge in [0.1, 0.15) is 0 Å². The smallest absolute Gasteiger partial charge is 0.0671 e. The molecule has 0 amide bonds. The van der Waals surface area contributed by atoms with Crippen molar-refractivity contribution in [1.82, 2.24) is 5.32 Å². The first kappa shape index (κ1) is 14.9. The van der Waals surface area contributed by atoms with Crippen molar-refractivity contribution in [3.8, 4) is 0 Å². The topological polar surface area (TPSA) is 30.5 Å². The van der Waals surface area contributed by atoms with Crippen LogP contribution in [0.25, 0.3) is 0 Å². The molecule has 0 aromatic heterocycles. The lowest BCUT2D eigenvalue weighted by atomic mass is 9.61. The van der Waals surface area contributed by atoms with E-state index >= 15 is 0 Å². The van der Waals surface area contributed by atoms with Gasteiger partial charge in [-0.3, -0.25) is 0 Å². The first-order chi connectivity index (χ1) is 8.08. The highest BCUT2D eigenvalue weighted by Gasteiger charge is 2.50. The summed E-state index contributed by atoms with van der Waals surface area (Å²) in [5.74, 6) is 0. The monoisotopic (exact) mass is 243 g/mol. The molecule has 3 heteroatoms. The van der Waals surface area contributed by atoms with Gasteiger partial charge in [-0.15, -0.1) is 0 Å². The molecule has 0 radical (unpaired) electrons. The van der Waals surface area contributed by atoms with Crippen molar-refractivity contribution in [1.29, 1.82) is 0 Å². The molecule has 0 spiro atoms. The molecule has 4 unspecified atom stereocenters. The second-order valence-electron chi connectivity index (χ2n) is 5.27. The van der Waals surface area contributed by atoms with Gasteiger partial charge in [0.15, 0.2) is 0 Å². The predicted octanol–water partition coefficient (Wildman–Crippen LogP) is 2.59. The van der Waals surface area contributed by atoms with Gasteiger partial charge < -0.3 is 14.8 Å². The minimum absolute atomic E-state index is 0.294. The molecule has 1 aliphatic carbocycles. The zero-order valence-corrected chi connectivity index (χ0v) is 12.1. The van der Waals surface area contributed by atoms with Crippen LogP contribution in [0.2, 0.25) is 0 Å². The molecule has 1 N–H and O–H groups in total. The van der Waals surface area contributed by atoms with Crippen molar-refractivity contribution in [2.75, 3.05) is 19.8 Å². The van der Waals surface area contributed by atoms with E-state index in [1.54, 1.807) is 0 Å². The highest BCUT2D eigenvalue weighted by atomic mass is 16.5. The maximum Gasteiger partial charge on any atom is 0.0671 e. The highest BCUT2D eigenvalue weighted by Crippen LogP contribution is 2.45. The van der Waals surface area contributed by atoms with Crippen LogP contribution in [-0.4, -0.2) is 38.0 Å². The van der Waals surface area contributed by atoms with Crippen LogP contribution < -0.4 is 5.32 Å².